The van der Waals surface area contributed by atoms with Crippen molar-refractivity contribution in [2.24, 2.45) is 5.73 Å². The molecule has 3 rings (SSSR count). The summed E-state index contributed by atoms with van der Waals surface area (Å²) in [5.41, 5.74) is 5.04. The van der Waals surface area contributed by atoms with E-state index in [1.54, 1.807) is 0 Å². The molecule has 0 aliphatic carbocycles. The van der Waals surface area contributed by atoms with Crippen LogP contribution in [0.4, 0.5) is 0 Å². The number of hydrogen-bond acceptors (Lipinski definition) is 9. The van der Waals surface area contributed by atoms with Crippen LogP contribution in [0.5, 0.6) is 0 Å². The van der Waals surface area contributed by atoms with Gasteiger partial charge in [0, 0.05) is 47.7 Å². The van der Waals surface area contributed by atoms with Gasteiger partial charge in [-0.15, -0.1) is 5.06 Å². The average molecular weight is 509 g/mol. The Hall–Kier alpha value is -0.520. The Morgan fingerprint density at radius 2 is 1.39 bits per heavy atom. The second-order valence-electron chi connectivity index (χ2n) is 7.66. The number of nitrogens with two attached hydrogens (primary N) is 1. The minimum Gasteiger partial charge on any atom is -0.370 e. The number of carbonyl (C=O) groups is 4. The Morgan fingerprint density at radius 3 is 1.84 bits per heavy atom. The Bertz CT molecular complexity index is 594. The van der Waals surface area contributed by atoms with Gasteiger partial charge in [0.1, 0.15) is 0 Å². The van der Waals surface area contributed by atoms with Crippen LogP contribution in [0.1, 0.15) is 77.0 Å². The standard InChI is InChI=1S/C12H17NO4S2.C8H15NOS2/c14-10-5-6-11(15)13(10)17-12(16)4-2-1-3-9-7-8-18-19-9;9-8(10)4-2-1-3-7-5-6-11-12-7/h9H,1-8H2;7H,1-6H2,(H2,9,10)/t9-;7-/m11/s1. The third kappa shape index (κ3) is 11.3. The Kier molecular flexibility index (Phi) is 13.2. The third-order valence-electron chi connectivity index (χ3n) is 5.01. The number of imide groups is 1. The van der Waals surface area contributed by atoms with E-state index in [4.69, 9.17) is 10.6 Å². The summed E-state index contributed by atoms with van der Waals surface area (Å²) >= 11 is 0. The first-order valence-corrected chi connectivity index (χ1v) is 15.6. The molecule has 176 valence electrons. The van der Waals surface area contributed by atoms with Gasteiger partial charge in [0.2, 0.25) is 5.91 Å². The summed E-state index contributed by atoms with van der Waals surface area (Å²) in [6.45, 7) is 0. The summed E-state index contributed by atoms with van der Waals surface area (Å²) in [4.78, 5) is 49.2. The molecule has 0 radical (unpaired) electrons. The SMILES string of the molecule is NC(=O)CCCC[C@@H]1CCSS1.O=C(CCCC[C@@H]1CCSS1)ON1C(=O)CCC1=O. The van der Waals surface area contributed by atoms with Gasteiger partial charge in [-0.25, -0.2) is 4.79 Å². The second kappa shape index (κ2) is 15.3. The van der Waals surface area contributed by atoms with Crippen molar-refractivity contribution in [3.8, 4) is 0 Å². The van der Waals surface area contributed by atoms with E-state index in [2.05, 4.69) is 0 Å². The molecule has 2 atom stereocenters. The largest absolute Gasteiger partial charge is 0.370 e. The van der Waals surface area contributed by atoms with Gasteiger partial charge < -0.3 is 10.6 Å². The monoisotopic (exact) mass is 508 g/mol. The first-order chi connectivity index (χ1) is 15.0. The van der Waals surface area contributed by atoms with E-state index in [-0.39, 0.29) is 25.2 Å². The number of carbonyl (C=O) groups excluding carboxylic acids is 4. The third-order valence-corrected chi connectivity index (χ3v) is 11.0. The fourth-order valence-electron chi connectivity index (χ4n) is 3.25. The summed E-state index contributed by atoms with van der Waals surface area (Å²) < 4.78 is 0. The van der Waals surface area contributed by atoms with Gasteiger partial charge in [-0.1, -0.05) is 56.0 Å². The fourth-order valence-corrected chi connectivity index (χ4v) is 9.30. The molecule has 3 saturated heterocycles. The molecule has 0 unspecified atom stereocenters. The quantitative estimate of drug-likeness (QED) is 0.245. The molecule has 11 heteroatoms. The molecule has 3 heterocycles. The number of amides is 3. The van der Waals surface area contributed by atoms with Crippen LogP contribution < -0.4 is 5.73 Å². The average Bonchev–Trinajstić information content (AvgIpc) is 3.49. The van der Waals surface area contributed by atoms with Gasteiger partial charge in [-0.05, 0) is 38.5 Å². The lowest BCUT2D eigenvalue weighted by molar-refractivity contribution is -0.197. The zero-order valence-corrected chi connectivity index (χ0v) is 21.0. The van der Waals surface area contributed by atoms with E-state index in [0.717, 1.165) is 37.4 Å². The molecule has 3 aliphatic heterocycles. The number of unbranched alkanes of at least 4 members (excludes halogenated alkanes) is 2. The van der Waals surface area contributed by atoms with Crippen LogP contribution in [0.15, 0.2) is 0 Å². The molecule has 0 bridgehead atoms. The second-order valence-corrected chi connectivity index (χ2v) is 13.2. The van der Waals surface area contributed by atoms with Crippen molar-refractivity contribution >= 4 is 66.9 Å². The lowest BCUT2D eigenvalue weighted by Crippen LogP contribution is -2.31. The summed E-state index contributed by atoms with van der Waals surface area (Å²) in [6, 6.07) is 0. The Labute approximate surface area is 200 Å². The summed E-state index contributed by atoms with van der Waals surface area (Å²) in [5.74, 6) is 1.03. The molecular weight excluding hydrogens is 476 g/mol. The number of hydrogen-bond donors (Lipinski definition) is 1. The molecule has 3 aliphatic rings. The smallest absolute Gasteiger partial charge is 0.333 e. The molecule has 0 aromatic carbocycles. The molecular formula is C20H32N2O5S4. The zero-order chi connectivity index (χ0) is 22.5. The van der Waals surface area contributed by atoms with E-state index >= 15 is 0 Å². The lowest BCUT2D eigenvalue weighted by Gasteiger charge is -2.12. The van der Waals surface area contributed by atoms with Crippen molar-refractivity contribution in [3.63, 3.8) is 0 Å². The topological polar surface area (TPSA) is 107 Å². The first-order valence-electron chi connectivity index (χ1n) is 10.9. The van der Waals surface area contributed by atoms with E-state index in [1.165, 1.54) is 30.8 Å². The maximum atomic E-state index is 11.5. The molecule has 31 heavy (non-hydrogen) atoms. The van der Waals surface area contributed by atoms with E-state index in [9.17, 15) is 19.2 Å². The van der Waals surface area contributed by atoms with Crippen LogP contribution in [-0.2, 0) is 24.0 Å². The van der Waals surface area contributed by atoms with Crippen LogP contribution in [-0.4, -0.2) is 50.8 Å². The zero-order valence-electron chi connectivity index (χ0n) is 17.8. The highest BCUT2D eigenvalue weighted by Crippen LogP contribution is 2.40. The fraction of sp³-hybridized carbons (Fsp3) is 0.800. The highest BCUT2D eigenvalue weighted by atomic mass is 33.1. The van der Waals surface area contributed by atoms with E-state index in [0.29, 0.717) is 16.7 Å². The molecule has 0 aromatic rings. The number of primary amides is 1. The summed E-state index contributed by atoms with van der Waals surface area (Å²) in [5, 5.41) is 2.16. The predicted octanol–water partition coefficient (Wildman–Crippen LogP) is 4.49. The lowest BCUT2D eigenvalue weighted by atomic mass is 10.1. The van der Waals surface area contributed by atoms with Crippen LogP contribution in [0.3, 0.4) is 0 Å². The number of nitrogens with zero attached hydrogens (tertiary/aromatic N) is 1. The highest BCUT2D eigenvalue weighted by Gasteiger charge is 2.32. The number of rotatable bonds is 11. The van der Waals surface area contributed by atoms with Crippen molar-refractivity contribution in [2.45, 2.75) is 87.5 Å². The molecule has 0 aromatic heterocycles. The van der Waals surface area contributed by atoms with Crippen LogP contribution >= 0.6 is 43.2 Å². The van der Waals surface area contributed by atoms with E-state index in [1.807, 2.05) is 43.2 Å². The summed E-state index contributed by atoms with van der Waals surface area (Å²) in [6.07, 6.45) is 9.92. The maximum absolute atomic E-state index is 11.5. The van der Waals surface area contributed by atoms with Gasteiger partial charge in [0.25, 0.3) is 11.8 Å². The van der Waals surface area contributed by atoms with Crippen molar-refractivity contribution in [1.29, 1.82) is 0 Å². The minimum atomic E-state index is -0.489. The molecule has 3 fully saturated rings. The van der Waals surface area contributed by atoms with E-state index < -0.39 is 17.8 Å². The van der Waals surface area contributed by atoms with Crippen molar-refractivity contribution in [3.05, 3.63) is 0 Å². The van der Waals surface area contributed by atoms with Crippen molar-refractivity contribution < 1.29 is 24.0 Å². The Morgan fingerprint density at radius 1 is 0.871 bits per heavy atom. The van der Waals surface area contributed by atoms with Gasteiger partial charge in [-0.2, -0.15) is 0 Å². The molecule has 0 saturated carbocycles. The van der Waals surface area contributed by atoms with Crippen LogP contribution in [0.25, 0.3) is 0 Å². The molecule has 0 spiro atoms. The van der Waals surface area contributed by atoms with Gasteiger partial charge >= 0.3 is 5.97 Å². The highest BCUT2D eigenvalue weighted by molar-refractivity contribution is 8.77. The summed E-state index contributed by atoms with van der Waals surface area (Å²) in [7, 11) is 7.82. The first kappa shape index (κ1) is 26.7. The van der Waals surface area contributed by atoms with Crippen LogP contribution in [0.2, 0.25) is 0 Å². The normalized spacial score (nSPS) is 23.0. The molecule has 7 nitrogen and oxygen atoms in total. The van der Waals surface area contributed by atoms with Crippen LogP contribution in [0, 0.1) is 0 Å². The van der Waals surface area contributed by atoms with Gasteiger partial charge in [-0.3, -0.25) is 14.4 Å². The predicted molar refractivity (Wildman–Crippen MR) is 130 cm³/mol. The number of hydroxylamine groups is 2. The van der Waals surface area contributed by atoms with Crippen molar-refractivity contribution in [1.82, 2.24) is 5.06 Å². The Balaban J connectivity index is 0.000000245. The molecule has 2 N–H and O–H groups in total. The maximum Gasteiger partial charge on any atom is 0.333 e. The molecule has 3 amide bonds. The minimum absolute atomic E-state index is 0.142. The van der Waals surface area contributed by atoms with Gasteiger partial charge in [0.15, 0.2) is 0 Å². The van der Waals surface area contributed by atoms with Crippen molar-refractivity contribution in [2.75, 3.05) is 11.5 Å². The van der Waals surface area contributed by atoms with Gasteiger partial charge in [0.05, 0.1) is 0 Å².